The molecular weight excluding hydrogens is 404 g/mol. The van der Waals surface area contributed by atoms with Crippen LogP contribution in [0.3, 0.4) is 0 Å². The molecule has 2 aromatic heterocycles. The Morgan fingerprint density at radius 2 is 1.94 bits per heavy atom. The zero-order chi connectivity index (χ0) is 22.5. The summed E-state index contributed by atoms with van der Waals surface area (Å²) in [5, 5.41) is 19.5. The highest BCUT2D eigenvalue weighted by atomic mass is 16.5. The summed E-state index contributed by atoms with van der Waals surface area (Å²) in [6.07, 6.45) is 5.95. The molecule has 0 fully saturated rings. The van der Waals surface area contributed by atoms with Gasteiger partial charge in [0.05, 0.1) is 30.4 Å². The van der Waals surface area contributed by atoms with Crippen molar-refractivity contribution in [2.24, 2.45) is 0 Å². The summed E-state index contributed by atoms with van der Waals surface area (Å²) in [5.41, 5.74) is 3.83. The number of allylic oxidation sites excluding steroid dienone is 1. The molecule has 8 nitrogen and oxygen atoms in total. The number of benzene rings is 2. The molecule has 32 heavy (non-hydrogen) atoms. The zero-order valence-corrected chi connectivity index (χ0v) is 17.7. The summed E-state index contributed by atoms with van der Waals surface area (Å²) in [4.78, 5) is 12.6. The molecule has 160 valence electrons. The lowest BCUT2D eigenvalue weighted by atomic mass is 10.1. The Morgan fingerprint density at radius 3 is 2.66 bits per heavy atom. The van der Waals surface area contributed by atoms with Crippen molar-refractivity contribution in [2.75, 3.05) is 12.4 Å². The average Bonchev–Trinajstić information content (AvgIpc) is 3.29. The van der Waals surface area contributed by atoms with Crippen molar-refractivity contribution in [1.29, 1.82) is 5.41 Å². The summed E-state index contributed by atoms with van der Waals surface area (Å²) in [6, 6.07) is 18.5. The second-order valence-electron chi connectivity index (χ2n) is 6.97. The Hall–Kier alpha value is -4.46. The van der Waals surface area contributed by atoms with Crippen LogP contribution in [0.1, 0.15) is 11.3 Å². The Kier molecular flexibility index (Phi) is 5.94. The monoisotopic (exact) mass is 426 g/mol. The van der Waals surface area contributed by atoms with Gasteiger partial charge in [0.25, 0.3) is 0 Å². The van der Waals surface area contributed by atoms with Gasteiger partial charge < -0.3 is 15.5 Å². The fraction of sp³-hybridized carbons (Fsp3) is 0.0833. The number of aryl methyl sites for hydroxylation is 1. The standard InChI is InChI=1S/C24H22N6O2/c1-17-16-19(30-23(32-2)11-14-26-30)8-9-21(17)29-15-12-22(31)24(28-29)20(10-13-25)27-18-6-4-3-5-7-18/h3-16,25,27H,1-2H3/b20-10-,25-13?. The van der Waals surface area contributed by atoms with Crippen molar-refractivity contribution in [3.05, 3.63) is 101 Å². The van der Waals surface area contributed by atoms with Gasteiger partial charge in [-0.15, -0.1) is 0 Å². The molecule has 0 spiro atoms. The first-order valence-electron chi connectivity index (χ1n) is 9.93. The molecule has 0 unspecified atom stereocenters. The lowest BCUT2D eigenvalue weighted by molar-refractivity contribution is 0.383. The minimum absolute atomic E-state index is 0.220. The quantitative estimate of drug-likeness (QED) is 0.438. The molecule has 8 heteroatoms. The van der Waals surface area contributed by atoms with E-state index in [0.717, 1.165) is 28.8 Å². The molecule has 0 bridgehead atoms. The molecule has 0 aliphatic heterocycles. The van der Waals surface area contributed by atoms with E-state index in [9.17, 15) is 4.79 Å². The van der Waals surface area contributed by atoms with Gasteiger partial charge in [-0.3, -0.25) is 4.79 Å². The third kappa shape index (κ3) is 4.20. The number of hydrogen-bond acceptors (Lipinski definition) is 6. The molecule has 0 radical (unpaired) electrons. The van der Waals surface area contributed by atoms with Crippen LogP contribution in [-0.4, -0.2) is 32.9 Å². The van der Waals surface area contributed by atoms with Gasteiger partial charge in [0, 0.05) is 30.2 Å². The maximum atomic E-state index is 12.6. The van der Waals surface area contributed by atoms with Crippen LogP contribution in [0.5, 0.6) is 5.88 Å². The fourth-order valence-corrected chi connectivity index (χ4v) is 3.34. The third-order valence-corrected chi connectivity index (χ3v) is 4.86. The Bertz CT molecular complexity index is 1340. The summed E-state index contributed by atoms with van der Waals surface area (Å²) in [5.74, 6) is 0.634. The van der Waals surface area contributed by atoms with Crippen LogP contribution in [0, 0.1) is 12.3 Å². The molecule has 0 aliphatic rings. The number of aromatic nitrogens is 4. The van der Waals surface area contributed by atoms with E-state index in [2.05, 4.69) is 15.5 Å². The Labute approximate surface area is 184 Å². The largest absolute Gasteiger partial charge is 0.481 e. The predicted molar refractivity (Wildman–Crippen MR) is 125 cm³/mol. The first-order valence-corrected chi connectivity index (χ1v) is 9.93. The number of para-hydroxylation sites is 1. The molecular formula is C24H22N6O2. The van der Waals surface area contributed by atoms with E-state index in [-0.39, 0.29) is 11.1 Å². The van der Waals surface area contributed by atoms with Crippen LogP contribution >= 0.6 is 0 Å². The number of anilines is 1. The lowest BCUT2D eigenvalue weighted by Crippen LogP contribution is -2.18. The zero-order valence-electron chi connectivity index (χ0n) is 17.7. The first-order chi connectivity index (χ1) is 15.6. The topological polar surface area (TPSA) is 97.8 Å². The molecule has 0 amide bonds. The molecule has 4 rings (SSSR count). The molecule has 0 saturated carbocycles. The summed E-state index contributed by atoms with van der Waals surface area (Å²) in [6.45, 7) is 1.96. The lowest BCUT2D eigenvalue weighted by Gasteiger charge is -2.14. The van der Waals surface area contributed by atoms with Gasteiger partial charge in [-0.2, -0.15) is 10.2 Å². The predicted octanol–water partition coefficient (Wildman–Crippen LogP) is 3.84. The van der Waals surface area contributed by atoms with Gasteiger partial charge in [-0.25, -0.2) is 9.36 Å². The number of hydrogen-bond donors (Lipinski definition) is 2. The number of rotatable bonds is 7. The smallest absolute Gasteiger partial charge is 0.216 e. The highest BCUT2D eigenvalue weighted by Gasteiger charge is 2.12. The van der Waals surface area contributed by atoms with Gasteiger partial charge >= 0.3 is 0 Å². The van der Waals surface area contributed by atoms with Crippen molar-refractivity contribution in [2.45, 2.75) is 6.92 Å². The van der Waals surface area contributed by atoms with E-state index in [1.54, 1.807) is 34.9 Å². The average molecular weight is 426 g/mol. The van der Waals surface area contributed by atoms with Crippen molar-refractivity contribution >= 4 is 17.6 Å². The van der Waals surface area contributed by atoms with Gasteiger partial charge in [-0.05, 0) is 48.9 Å². The number of methoxy groups -OCH3 is 1. The molecule has 2 aromatic carbocycles. The first kappa shape index (κ1) is 20.8. The molecule has 0 atom stereocenters. The van der Waals surface area contributed by atoms with Crippen LogP contribution in [0.4, 0.5) is 5.69 Å². The van der Waals surface area contributed by atoms with E-state index >= 15 is 0 Å². The molecule has 0 saturated heterocycles. The van der Waals surface area contributed by atoms with Crippen LogP contribution in [0.15, 0.2) is 83.9 Å². The SMILES string of the molecule is COc1ccnn1-c1ccc(-n2ccc(=O)c(/C(=C/C=N)Nc3ccccc3)n2)c(C)c1. The molecule has 2 N–H and O–H groups in total. The molecule has 0 aliphatic carbocycles. The Balaban J connectivity index is 1.73. The van der Waals surface area contributed by atoms with Crippen LogP contribution in [0.2, 0.25) is 0 Å². The fourth-order valence-electron chi connectivity index (χ4n) is 3.34. The summed E-state index contributed by atoms with van der Waals surface area (Å²) < 4.78 is 8.70. The number of nitrogens with one attached hydrogen (secondary N) is 2. The van der Waals surface area contributed by atoms with E-state index in [1.165, 1.54) is 12.1 Å². The van der Waals surface area contributed by atoms with Crippen molar-refractivity contribution in [1.82, 2.24) is 19.6 Å². The normalized spacial score (nSPS) is 11.2. The van der Waals surface area contributed by atoms with E-state index in [4.69, 9.17) is 10.1 Å². The maximum absolute atomic E-state index is 12.6. The summed E-state index contributed by atoms with van der Waals surface area (Å²) >= 11 is 0. The number of nitrogens with zero attached hydrogens (tertiary/aromatic N) is 4. The molecule has 4 aromatic rings. The van der Waals surface area contributed by atoms with Crippen molar-refractivity contribution in [3.8, 4) is 17.3 Å². The van der Waals surface area contributed by atoms with E-state index < -0.39 is 0 Å². The van der Waals surface area contributed by atoms with Crippen molar-refractivity contribution in [3.63, 3.8) is 0 Å². The van der Waals surface area contributed by atoms with E-state index in [0.29, 0.717) is 11.6 Å². The van der Waals surface area contributed by atoms with Crippen LogP contribution in [0.25, 0.3) is 17.1 Å². The third-order valence-electron chi connectivity index (χ3n) is 4.86. The van der Waals surface area contributed by atoms with Crippen LogP contribution in [-0.2, 0) is 0 Å². The van der Waals surface area contributed by atoms with Gasteiger partial charge in [0.15, 0.2) is 5.69 Å². The highest BCUT2D eigenvalue weighted by molar-refractivity contribution is 5.86. The van der Waals surface area contributed by atoms with Crippen molar-refractivity contribution < 1.29 is 4.74 Å². The number of ether oxygens (including phenoxy) is 1. The van der Waals surface area contributed by atoms with Gasteiger partial charge in [0.1, 0.15) is 0 Å². The second kappa shape index (κ2) is 9.13. The maximum Gasteiger partial charge on any atom is 0.216 e. The van der Waals surface area contributed by atoms with Gasteiger partial charge in [0.2, 0.25) is 11.3 Å². The van der Waals surface area contributed by atoms with Gasteiger partial charge in [-0.1, -0.05) is 18.2 Å². The summed E-state index contributed by atoms with van der Waals surface area (Å²) in [7, 11) is 1.60. The second-order valence-corrected chi connectivity index (χ2v) is 6.97. The Morgan fingerprint density at radius 1 is 1.12 bits per heavy atom. The highest BCUT2D eigenvalue weighted by Crippen LogP contribution is 2.22. The minimum Gasteiger partial charge on any atom is -0.481 e. The van der Waals surface area contributed by atoms with Crippen LogP contribution < -0.4 is 15.5 Å². The van der Waals surface area contributed by atoms with E-state index in [1.807, 2.05) is 55.5 Å². The molecule has 2 heterocycles. The minimum atomic E-state index is -0.242.